The molecule has 118 valence electrons. The van der Waals surface area contributed by atoms with Crippen molar-refractivity contribution in [1.29, 1.82) is 0 Å². The van der Waals surface area contributed by atoms with Gasteiger partial charge in [-0.1, -0.05) is 36.2 Å². The third-order valence-electron chi connectivity index (χ3n) is 5.03. The molecule has 2 nitrogen and oxygen atoms in total. The fourth-order valence-corrected chi connectivity index (χ4v) is 3.69. The number of allylic oxidation sites excluding steroid dienone is 1. The lowest BCUT2D eigenvalue weighted by Crippen LogP contribution is -2.38. The summed E-state index contributed by atoms with van der Waals surface area (Å²) in [6.45, 7) is 5.43. The summed E-state index contributed by atoms with van der Waals surface area (Å²) in [5.41, 5.74) is 3.46. The summed E-state index contributed by atoms with van der Waals surface area (Å²) in [5.74, 6) is 0.626. The topological polar surface area (TPSA) is 20.3 Å². The van der Waals surface area contributed by atoms with Gasteiger partial charge in [0.2, 0.25) is 0 Å². The molecular weight excluding hydrogens is 270 g/mol. The molecule has 1 heterocycles. The van der Waals surface area contributed by atoms with Gasteiger partial charge in [0.15, 0.2) is 5.78 Å². The van der Waals surface area contributed by atoms with Gasteiger partial charge in [-0.3, -0.25) is 4.79 Å². The van der Waals surface area contributed by atoms with Crippen LogP contribution in [0.2, 0.25) is 0 Å². The first-order valence-electron chi connectivity index (χ1n) is 8.76. The predicted molar refractivity (Wildman–Crippen MR) is 91.8 cm³/mol. The minimum absolute atomic E-state index is 0.226. The number of carbonyl (C=O) groups excluding carboxylic acids is 1. The Labute approximate surface area is 134 Å². The highest BCUT2D eigenvalue weighted by Gasteiger charge is 2.28. The average Bonchev–Trinajstić information content (AvgIpc) is 2.54. The Bertz CT molecular complexity index is 537. The van der Waals surface area contributed by atoms with Crippen LogP contribution >= 0.6 is 0 Å². The number of piperidine rings is 1. The summed E-state index contributed by atoms with van der Waals surface area (Å²) in [6, 6.07) is 8.46. The number of ketones is 1. The van der Waals surface area contributed by atoms with Crippen LogP contribution in [-0.4, -0.2) is 30.3 Å². The molecule has 3 rings (SSSR count). The number of Topliss-reactive ketones (excluding diaryl/α,β-unsaturated/α-hetero) is 1. The summed E-state index contributed by atoms with van der Waals surface area (Å²) < 4.78 is 0. The highest BCUT2D eigenvalue weighted by molar-refractivity contribution is 6.01. The Morgan fingerprint density at radius 3 is 2.55 bits per heavy atom. The van der Waals surface area contributed by atoms with E-state index in [4.69, 9.17) is 0 Å². The highest BCUT2D eigenvalue weighted by atomic mass is 16.1. The van der Waals surface area contributed by atoms with Crippen LogP contribution in [0.3, 0.4) is 0 Å². The van der Waals surface area contributed by atoms with Crippen LogP contribution in [0.25, 0.3) is 6.08 Å². The Kier molecular flexibility index (Phi) is 5.09. The van der Waals surface area contributed by atoms with Crippen LogP contribution < -0.4 is 0 Å². The van der Waals surface area contributed by atoms with E-state index in [1.807, 2.05) is 0 Å². The number of hydrogen-bond donors (Lipinski definition) is 0. The number of carbonyl (C=O) groups is 1. The maximum atomic E-state index is 12.8. The number of likely N-dealkylation sites (tertiary alicyclic amines) is 1. The number of nitrogens with zero attached hydrogens (tertiary/aromatic N) is 1. The summed E-state index contributed by atoms with van der Waals surface area (Å²) in [5, 5.41) is 0. The fourth-order valence-electron chi connectivity index (χ4n) is 3.69. The van der Waals surface area contributed by atoms with Gasteiger partial charge in [0.25, 0.3) is 0 Å². The van der Waals surface area contributed by atoms with Crippen LogP contribution in [0.1, 0.15) is 49.7 Å². The van der Waals surface area contributed by atoms with Gasteiger partial charge in [-0.15, -0.1) is 0 Å². The molecule has 2 aliphatic rings. The molecule has 0 bridgehead atoms. The zero-order chi connectivity index (χ0) is 15.4. The van der Waals surface area contributed by atoms with Crippen molar-refractivity contribution in [2.24, 2.45) is 5.92 Å². The SMILES string of the molecule is Cc1ccc(/C=C2/CCC[C@@H](CN3CCCCC3)C2=O)cc1. The number of rotatable bonds is 3. The quantitative estimate of drug-likeness (QED) is 0.778. The average molecular weight is 297 g/mol. The van der Waals surface area contributed by atoms with E-state index in [0.717, 1.165) is 36.9 Å². The van der Waals surface area contributed by atoms with E-state index in [2.05, 4.69) is 42.2 Å². The monoisotopic (exact) mass is 297 g/mol. The lowest BCUT2D eigenvalue weighted by atomic mass is 9.83. The van der Waals surface area contributed by atoms with E-state index in [9.17, 15) is 4.79 Å². The second kappa shape index (κ2) is 7.23. The summed E-state index contributed by atoms with van der Waals surface area (Å²) in [7, 11) is 0. The third kappa shape index (κ3) is 3.86. The van der Waals surface area contributed by atoms with E-state index >= 15 is 0 Å². The van der Waals surface area contributed by atoms with Gasteiger partial charge in [-0.25, -0.2) is 0 Å². The highest BCUT2D eigenvalue weighted by Crippen LogP contribution is 2.28. The molecule has 1 aromatic rings. The van der Waals surface area contributed by atoms with E-state index < -0.39 is 0 Å². The molecule has 0 amide bonds. The maximum Gasteiger partial charge on any atom is 0.163 e. The van der Waals surface area contributed by atoms with Crippen molar-refractivity contribution < 1.29 is 4.79 Å². The van der Waals surface area contributed by atoms with Gasteiger partial charge in [0.05, 0.1) is 0 Å². The van der Waals surface area contributed by atoms with Gasteiger partial charge in [-0.05, 0) is 69.3 Å². The Morgan fingerprint density at radius 2 is 1.82 bits per heavy atom. The first kappa shape index (κ1) is 15.5. The van der Waals surface area contributed by atoms with Crippen molar-refractivity contribution in [3.05, 3.63) is 41.0 Å². The zero-order valence-electron chi connectivity index (χ0n) is 13.7. The van der Waals surface area contributed by atoms with Gasteiger partial charge in [0.1, 0.15) is 0 Å². The molecule has 1 atom stereocenters. The van der Waals surface area contributed by atoms with Crippen LogP contribution in [0.15, 0.2) is 29.8 Å². The van der Waals surface area contributed by atoms with E-state index in [0.29, 0.717) is 5.78 Å². The molecule has 1 saturated carbocycles. The van der Waals surface area contributed by atoms with Crippen LogP contribution in [0.4, 0.5) is 0 Å². The molecular formula is C20H27NO. The zero-order valence-corrected chi connectivity index (χ0v) is 13.7. The summed E-state index contributed by atoms with van der Waals surface area (Å²) in [4.78, 5) is 15.3. The van der Waals surface area contributed by atoms with Crippen molar-refractivity contribution in [2.45, 2.75) is 45.4 Å². The summed E-state index contributed by atoms with van der Waals surface area (Å²) >= 11 is 0. The van der Waals surface area contributed by atoms with Crippen LogP contribution in [-0.2, 0) is 4.79 Å². The van der Waals surface area contributed by atoms with Crippen LogP contribution in [0, 0.1) is 12.8 Å². The molecule has 2 heteroatoms. The van der Waals surface area contributed by atoms with Gasteiger partial charge in [-0.2, -0.15) is 0 Å². The maximum absolute atomic E-state index is 12.8. The first-order chi connectivity index (χ1) is 10.7. The predicted octanol–water partition coefficient (Wildman–Crippen LogP) is 4.23. The molecule has 0 spiro atoms. The lowest BCUT2D eigenvalue weighted by molar-refractivity contribution is -0.121. The molecule has 1 aromatic carbocycles. The largest absolute Gasteiger partial charge is 0.303 e. The number of hydrogen-bond acceptors (Lipinski definition) is 2. The van der Waals surface area contributed by atoms with Gasteiger partial charge in [0, 0.05) is 12.5 Å². The normalized spacial score (nSPS) is 25.6. The van der Waals surface area contributed by atoms with Crippen molar-refractivity contribution in [3.63, 3.8) is 0 Å². The van der Waals surface area contributed by atoms with E-state index in [1.54, 1.807) is 0 Å². The minimum Gasteiger partial charge on any atom is -0.303 e. The molecule has 1 aliphatic heterocycles. The molecule has 2 fully saturated rings. The van der Waals surface area contributed by atoms with Crippen molar-refractivity contribution in [2.75, 3.05) is 19.6 Å². The number of benzene rings is 1. The Balaban J connectivity index is 1.67. The fraction of sp³-hybridized carbons (Fsp3) is 0.550. The van der Waals surface area contributed by atoms with Crippen molar-refractivity contribution >= 4 is 11.9 Å². The second-order valence-electron chi connectivity index (χ2n) is 6.89. The second-order valence-corrected chi connectivity index (χ2v) is 6.89. The third-order valence-corrected chi connectivity index (χ3v) is 5.03. The van der Waals surface area contributed by atoms with Gasteiger partial charge < -0.3 is 4.90 Å². The van der Waals surface area contributed by atoms with E-state index in [1.165, 1.54) is 37.9 Å². The van der Waals surface area contributed by atoms with Crippen molar-refractivity contribution in [1.82, 2.24) is 4.90 Å². The van der Waals surface area contributed by atoms with Crippen LogP contribution in [0.5, 0.6) is 0 Å². The molecule has 1 saturated heterocycles. The molecule has 0 N–H and O–H groups in total. The molecule has 1 aliphatic carbocycles. The number of aryl methyl sites for hydroxylation is 1. The Morgan fingerprint density at radius 1 is 1.09 bits per heavy atom. The first-order valence-corrected chi connectivity index (χ1v) is 8.76. The molecule has 0 aromatic heterocycles. The molecule has 0 unspecified atom stereocenters. The Hall–Kier alpha value is -1.41. The van der Waals surface area contributed by atoms with Crippen molar-refractivity contribution in [3.8, 4) is 0 Å². The molecule has 0 radical (unpaired) electrons. The molecule has 22 heavy (non-hydrogen) atoms. The minimum atomic E-state index is 0.226. The smallest absolute Gasteiger partial charge is 0.163 e. The van der Waals surface area contributed by atoms with E-state index in [-0.39, 0.29) is 5.92 Å². The van der Waals surface area contributed by atoms with Gasteiger partial charge >= 0.3 is 0 Å². The lowest BCUT2D eigenvalue weighted by Gasteiger charge is -2.32. The standard InChI is InChI=1S/C20H27NO/c1-16-8-10-17(11-9-16)14-18-6-5-7-19(20(18)22)15-21-12-3-2-4-13-21/h8-11,14,19H,2-7,12-13,15H2,1H3/b18-14-/t19-/m0/s1. The summed E-state index contributed by atoms with van der Waals surface area (Å²) in [6.07, 6.45) is 9.24.